The highest BCUT2D eigenvalue weighted by Gasteiger charge is 2.16. The van der Waals surface area contributed by atoms with Gasteiger partial charge in [-0.2, -0.15) is 8.78 Å². The smallest absolute Gasteiger partial charge is 0.387 e. The van der Waals surface area contributed by atoms with Crippen molar-refractivity contribution in [2.45, 2.75) is 13.2 Å². The Morgan fingerprint density at radius 3 is 2.58 bits per heavy atom. The van der Waals surface area contributed by atoms with Crippen LogP contribution in [0.25, 0.3) is 0 Å². The van der Waals surface area contributed by atoms with Crippen molar-refractivity contribution in [1.29, 1.82) is 0 Å². The monoisotopic (exact) mass is 340 g/mol. The van der Waals surface area contributed by atoms with Crippen molar-refractivity contribution in [3.05, 3.63) is 53.6 Å². The van der Waals surface area contributed by atoms with Crippen LogP contribution >= 0.6 is 0 Å². The van der Waals surface area contributed by atoms with E-state index in [9.17, 15) is 18.0 Å². The molecule has 0 unspecified atom stereocenters. The molecule has 8 heteroatoms. The van der Waals surface area contributed by atoms with Gasteiger partial charge in [-0.1, -0.05) is 6.07 Å². The summed E-state index contributed by atoms with van der Waals surface area (Å²) in [4.78, 5) is 17.3. The lowest BCUT2D eigenvalue weighted by Crippen LogP contribution is -2.27. The van der Waals surface area contributed by atoms with E-state index in [1.807, 2.05) is 0 Å². The molecule has 0 aliphatic rings. The van der Waals surface area contributed by atoms with Crippen molar-refractivity contribution in [2.75, 3.05) is 14.2 Å². The molecule has 2 rings (SSSR count). The number of hydrogen-bond acceptors (Lipinski definition) is 4. The van der Waals surface area contributed by atoms with Gasteiger partial charge in [0.1, 0.15) is 11.5 Å². The first-order valence-corrected chi connectivity index (χ1v) is 6.89. The fourth-order valence-corrected chi connectivity index (χ4v) is 2.05. The number of carbonyl (C=O) groups is 1. The fraction of sp³-hybridized carbons (Fsp3) is 0.250. The molecule has 0 bridgehead atoms. The van der Waals surface area contributed by atoms with Crippen LogP contribution in [-0.2, 0) is 6.54 Å². The van der Waals surface area contributed by atoms with Crippen molar-refractivity contribution in [2.24, 2.45) is 0 Å². The number of alkyl halides is 2. The number of nitrogens with zero attached hydrogens (tertiary/aromatic N) is 2. The molecule has 1 aromatic carbocycles. The third-order valence-corrected chi connectivity index (χ3v) is 3.16. The van der Waals surface area contributed by atoms with E-state index in [4.69, 9.17) is 4.74 Å². The second kappa shape index (κ2) is 7.67. The number of methoxy groups -OCH3 is 1. The molecule has 2 aromatic rings. The minimum Gasteiger partial charge on any atom is -0.493 e. The zero-order valence-electron chi connectivity index (χ0n) is 13.0. The van der Waals surface area contributed by atoms with Crippen LogP contribution < -0.4 is 9.47 Å². The van der Waals surface area contributed by atoms with Gasteiger partial charge in [-0.05, 0) is 29.8 Å². The zero-order valence-corrected chi connectivity index (χ0v) is 13.0. The van der Waals surface area contributed by atoms with E-state index in [-0.39, 0.29) is 23.7 Å². The fourth-order valence-electron chi connectivity index (χ4n) is 2.05. The van der Waals surface area contributed by atoms with E-state index in [0.29, 0.717) is 5.56 Å². The highest BCUT2D eigenvalue weighted by molar-refractivity contribution is 5.92. The van der Waals surface area contributed by atoms with E-state index >= 15 is 0 Å². The number of amides is 1. The normalized spacial score (nSPS) is 10.6. The van der Waals surface area contributed by atoms with Gasteiger partial charge in [0, 0.05) is 13.6 Å². The van der Waals surface area contributed by atoms with Gasteiger partial charge in [-0.25, -0.2) is 9.37 Å². The number of aromatic nitrogens is 1. The average molecular weight is 340 g/mol. The molecule has 0 saturated carbocycles. The maximum Gasteiger partial charge on any atom is 0.387 e. The summed E-state index contributed by atoms with van der Waals surface area (Å²) in [5.41, 5.74) is 0.745. The molecule has 0 aliphatic heterocycles. The molecular formula is C16H15F3N2O3. The first-order valence-electron chi connectivity index (χ1n) is 6.89. The quantitative estimate of drug-likeness (QED) is 0.811. The topological polar surface area (TPSA) is 51.7 Å². The predicted molar refractivity (Wildman–Crippen MR) is 79.6 cm³/mol. The lowest BCUT2D eigenvalue weighted by Gasteiger charge is -2.18. The van der Waals surface area contributed by atoms with Crippen LogP contribution in [0.15, 0.2) is 36.5 Å². The van der Waals surface area contributed by atoms with Crippen LogP contribution in [0.3, 0.4) is 0 Å². The molecule has 5 nitrogen and oxygen atoms in total. The van der Waals surface area contributed by atoms with Crippen LogP contribution in [0, 0.1) is 5.82 Å². The summed E-state index contributed by atoms with van der Waals surface area (Å²) in [6.45, 7) is -2.78. The molecule has 1 aromatic heterocycles. The Balaban J connectivity index is 2.12. The van der Waals surface area contributed by atoms with Crippen molar-refractivity contribution >= 4 is 5.91 Å². The van der Waals surface area contributed by atoms with Crippen molar-refractivity contribution < 1.29 is 27.4 Å². The van der Waals surface area contributed by atoms with Gasteiger partial charge in [0.15, 0.2) is 11.5 Å². The van der Waals surface area contributed by atoms with E-state index in [2.05, 4.69) is 9.72 Å². The molecule has 0 fully saturated rings. The Kier molecular flexibility index (Phi) is 5.62. The van der Waals surface area contributed by atoms with Gasteiger partial charge in [-0.3, -0.25) is 4.79 Å². The minimum atomic E-state index is -2.96. The number of pyridine rings is 1. The molecule has 0 aliphatic carbocycles. The first-order chi connectivity index (χ1) is 11.4. The van der Waals surface area contributed by atoms with E-state index < -0.39 is 18.3 Å². The number of rotatable bonds is 6. The molecule has 0 spiro atoms. The molecular weight excluding hydrogens is 325 g/mol. The van der Waals surface area contributed by atoms with E-state index in [1.165, 1.54) is 30.2 Å². The Morgan fingerprint density at radius 2 is 2.00 bits per heavy atom. The van der Waals surface area contributed by atoms with Crippen LogP contribution in [0.5, 0.6) is 11.5 Å². The van der Waals surface area contributed by atoms with Crippen LogP contribution in [0.4, 0.5) is 13.2 Å². The van der Waals surface area contributed by atoms with E-state index in [0.717, 1.165) is 12.3 Å². The Bertz CT molecular complexity index is 708. The summed E-state index contributed by atoms with van der Waals surface area (Å²) in [5.74, 6) is -0.894. The maximum atomic E-state index is 12.8. The Hall–Kier alpha value is -2.77. The highest BCUT2D eigenvalue weighted by atomic mass is 19.3. The van der Waals surface area contributed by atoms with Gasteiger partial charge in [0.05, 0.1) is 13.3 Å². The lowest BCUT2D eigenvalue weighted by atomic mass is 10.2. The number of benzene rings is 1. The lowest BCUT2D eigenvalue weighted by molar-refractivity contribution is -0.0512. The molecule has 0 atom stereocenters. The standard InChI is InChI=1S/C16H15F3N2O3/c1-21(15(22)12-5-4-11(17)8-20-12)9-10-3-6-13(24-16(18)19)14(7-10)23-2/h3-8,16H,9H2,1-2H3. The van der Waals surface area contributed by atoms with Gasteiger partial charge < -0.3 is 14.4 Å². The molecule has 0 N–H and O–H groups in total. The largest absolute Gasteiger partial charge is 0.493 e. The minimum absolute atomic E-state index is 0.0922. The maximum absolute atomic E-state index is 12.8. The van der Waals surface area contributed by atoms with Crippen LogP contribution in [-0.4, -0.2) is 36.6 Å². The molecule has 24 heavy (non-hydrogen) atoms. The number of halogens is 3. The average Bonchev–Trinajstić information content (AvgIpc) is 2.55. The number of carbonyl (C=O) groups excluding carboxylic acids is 1. The molecule has 0 saturated heterocycles. The van der Waals surface area contributed by atoms with Crippen molar-refractivity contribution in [3.8, 4) is 11.5 Å². The van der Waals surface area contributed by atoms with E-state index in [1.54, 1.807) is 13.1 Å². The third kappa shape index (κ3) is 4.37. The van der Waals surface area contributed by atoms with Crippen molar-refractivity contribution in [3.63, 3.8) is 0 Å². The summed E-state index contributed by atoms with van der Waals surface area (Å²) < 4.78 is 46.8. The highest BCUT2D eigenvalue weighted by Crippen LogP contribution is 2.29. The summed E-state index contributed by atoms with van der Waals surface area (Å²) in [6.07, 6.45) is 0.959. The molecule has 128 valence electrons. The Morgan fingerprint density at radius 1 is 1.25 bits per heavy atom. The second-order valence-corrected chi connectivity index (χ2v) is 4.89. The summed E-state index contributed by atoms with van der Waals surface area (Å²) in [6, 6.07) is 6.82. The molecule has 1 heterocycles. The van der Waals surface area contributed by atoms with Gasteiger partial charge in [0.25, 0.3) is 5.91 Å². The van der Waals surface area contributed by atoms with Gasteiger partial charge in [-0.15, -0.1) is 0 Å². The molecule has 1 amide bonds. The molecule has 0 radical (unpaired) electrons. The van der Waals surface area contributed by atoms with Crippen LogP contribution in [0.2, 0.25) is 0 Å². The summed E-state index contributed by atoms with van der Waals surface area (Å²) in [7, 11) is 2.87. The zero-order chi connectivity index (χ0) is 17.7. The Labute approximate surface area is 136 Å². The second-order valence-electron chi connectivity index (χ2n) is 4.89. The van der Waals surface area contributed by atoms with Crippen molar-refractivity contribution in [1.82, 2.24) is 9.88 Å². The number of ether oxygens (including phenoxy) is 2. The number of hydrogen-bond donors (Lipinski definition) is 0. The van der Waals surface area contributed by atoms with Gasteiger partial charge in [0.2, 0.25) is 0 Å². The summed E-state index contributed by atoms with van der Waals surface area (Å²) in [5, 5.41) is 0. The first kappa shape index (κ1) is 17.6. The predicted octanol–water partition coefficient (Wildman–Crippen LogP) is 3.10. The van der Waals surface area contributed by atoms with Gasteiger partial charge >= 0.3 is 6.61 Å². The van der Waals surface area contributed by atoms with Crippen LogP contribution in [0.1, 0.15) is 16.1 Å². The summed E-state index contributed by atoms with van der Waals surface area (Å²) >= 11 is 0. The third-order valence-electron chi connectivity index (χ3n) is 3.16. The SMILES string of the molecule is COc1cc(CN(C)C(=O)c2ccc(F)cn2)ccc1OC(F)F.